The van der Waals surface area contributed by atoms with Gasteiger partial charge < -0.3 is 10.1 Å². The molecule has 1 aromatic heterocycles. The van der Waals surface area contributed by atoms with E-state index in [2.05, 4.69) is 62.2 Å². The van der Waals surface area contributed by atoms with E-state index in [1.54, 1.807) is 0 Å². The summed E-state index contributed by atoms with van der Waals surface area (Å²) in [6.45, 7) is 6.31. The van der Waals surface area contributed by atoms with Crippen LogP contribution < -0.4 is 0 Å². The second kappa shape index (κ2) is 8.21. The smallest absolute Gasteiger partial charge is 0.303 e. The zero-order chi connectivity index (χ0) is 19.4. The Morgan fingerprint density at radius 3 is 2.56 bits per heavy atom. The van der Waals surface area contributed by atoms with Crippen molar-refractivity contribution in [1.82, 2.24) is 9.97 Å². The highest BCUT2D eigenvalue weighted by Gasteiger charge is 2.12. The van der Waals surface area contributed by atoms with Crippen molar-refractivity contribution in [3.8, 4) is 0 Å². The van der Waals surface area contributed by atoms with Crippen molar-refractivity contribution in [2.75, 3.05) is 0 Å². The monoisotopic (exact) mass is 362 g/mol. The molecular formula is C23H26N2O2. The molecule has 2 aromatic carbocycles. The van der Waals surface area contributed by atoms with E-state index in [4.69, 9.17) is 10.1 Å². The molecule has 0 spiro atoms. The van der Waals surface area contributed by atoms with Gasteiger partial charge in [0.25, 0.3) is 0 Å². The molecular weight excluding hydrogens is 336 g/mol. The Morgan fingerprint density at radius 2 is 1.85 bits per heavy atom. The molecule has 0 amide bonds. The number of carbonyl (C=O) groups is 1. The first kappa shape index (κ1) is 18.9. The summed E-state index contributed by atoms with van der Waals surface area (Å²) in [6, 6.07) is 10.5. The van der Waals surface area contributed by atoms with Crippen LogP contribution in [0.4, 0.5) is 0 Å². The highest BCUT2D eigenvalue weighted by molar-refractivity contribution is 5.83. The predicted octanol–water partition coefficient (Wildman–Crippen LogP) is 5.46. The van der Waals surface area contributed by atoms with Gasteiger partial charge in [0, 0.05) is 6.42 Å². The first-order chi connectivity index (χ1) is 12.9. The zero-order valence-electron chi connectivity index (χ0n) is 16.2. The number of benzene rings is 2. The van der Waals surface area contributed by atoms with Crippen LogP contribution in [-0.4, -0.2) is 21.0 Å². The van der Waals surface area contributed by atoms with Gasteiger partial charge >= 0.3 is 5.97 Å². The molecule has 0 aliphatic carbocycles. The van der Waals surface area contributed by atoms with Gasteiger partial charge in [-0.15, -0.1) is 0 Å². The van der Waals surface area contributed by atoms with Gasteiger partial charge in [-0.2, -0.15) is 0 Å². The lowest BCUT2D eigenvalue weighted by molar-refractivity contribution is -0.137. The maximum Gasteiger partial charge on any atom is 0.303 e. The molecule has 1 heterocycles. The van der Waals surface area contributed by atoms with Gasteiger partial charge in [0.05, 0.1) is 11.0 Å². The number of aromatic nitrogens is 2. The topological polar surface area (TPSA) is 66.0 Å². The lowest BCUT2D eigenvalue weighted by atomic mass is 9.97. The minimum atomic E-state index is -0.732. The zero-order valence-corrected chi connectivity index (χ0v) is 16.2. The summed E-state index contributed by atoms with van der Waals surface area (Å²) >= 11 is 0. The maximum atomic E-state index is 10.7. The lowest BCUT2D eigenvalue weighted by Crippen LogP contribution is -1.98. The summed E-state index contributed by atoms with van der Waals surface area (Å²) < 4.78 is 0. The third-order valence-electron chi connectivity index (χ3n) is 5.02. The summed E-state index contributed by atoms with van der Waals surface area (Å²) in [4.78, 5) is 18.9. The van der Waals surface area contributed by atoms with Crippen LogP contribution in [-0.2, 0) is 11.2 Å². The number of fused-ring (bicyclic) bond motifs is 1. The van der Waals surface area contributed by atoms with Crippen molar-refractivity contribution in [3.05, 3.63) is 64.0 Å². The molecule has 4 heteroatoms. The Bertz CT molecular complexity index is 982. The van der Waals surface area contributed by atoms with Crippen LogP contribution in [0.15, 0.2) is 30.3 Å². The quantitative estimate of drug-likeness (QED) is 0.549. The summed E-state index contributed by atoms with van der Waals surface area (Å²) in [5.41, 5.74) is 8.12. The van der Waals surface area contributed by atoms with E-state index in [1.807, 2.05) is 6.08 Å². The molecule has 0 aliphatic rings. The highest BCUT2D eigenvalue weighted by Crippen LogP contribution is 2.26. The number of aryl methyl sites for hydroxylation is 3. The van der Waals surface area contributed by atoms with Crippen molar-refractivity contribution in [3.63, 3.8) is 0 Å². The normalized spacial score (nSPS) is 11.5. The Labute approximate surface area is 160 Å². The Hall–Kier alpha value is -2.88. The van der Waals surface area contributed by atoms with Crippen LogP contribution in [0.3, 0.4) is 0 Å². The van der Waals surface area contributed by atoms with Crippen LogP contribution >= 0.6 is 0 Å². The summed E-state index contributed by atoms with van der Waals surface area (Å²) in [5.74, 6) is 0.103. The van der Waals surface area contributed by atoms with E-state index in [1.165, 1.54) is 22.3 Å². The maximum absolute atomic E-state index is 10.7. The number of rotatable bonds is 7. The fourth-order valence-electron chi connectivity index (χ4n) is 3.30. The number of unbranched alkanes of at least 4 members (excludes halogenated alkanes) is 1. The second-order valence-corrected chi connectivity index (χ2v) is 7.16. The van der Waals surface area contributed by atoms with Crippen molar-refractivity contribution in [2.45, 2.75) is 46.5 Å². The summed E-state index contributed by atoms with van der Waals surface area (Å²) in [7, 11) is 0. The number of H-pyrrole nitrogens is 1. The van der Waals surface area contributed by atoms with E-state index < -0.39 is 5.97 Å². The molecule has 4 nitrogen and oxygen atoms in total. The van der Waals surface area contributed by atoms with Gasteiger partial charge in [0.1, 0.15) is 5.82 Å². The second-order valence-electron chi connectivity index (χ2n) is 7.16. The number of aromatic amines is 1. The van der Waals surface area contributed by atoms with Gasteiger partial charge in [-0.25, -0.2) is 4.98 Å². The third kappa shape index (κ3) is 4.64. The van der Waals surface area contributed by atoms with Crippen LogP contribution in [0.25, 0.3) is 23.2 Å². The molecule has 2 N–H and O–H groups in total. The number of hydrogen-bond donors (Lipinski definition) is 2. The minimum absolute atomic E-state index is 0.221. The minimum Gasteiger partial charge on any atom is -0.481 e. The van der Waals surface area contributed by atoms with Crippen molar-refractivity contribution >= 4 is 29.2 Å². The van der Waals surface area contributed by atoms with E-state index >= 15 is 0 Å². The largest absolute Gasteiger partial charge is 0.481 e. The SMILES string of the molecule is Cc1ccc(/C=C/c2nc3c(CCCCC(=O)O)c(C)c(C)cc3[nH]2)cc1. The number of carboxylic acid groups (broad SMARTS) is 1. The standard InChI is InChI=1S/C23H26N2O2/c1-15-8-10-18(11-9-15)12-13-21-24-20-14-16(2)17(3)19(23(20)25-21)6-4-5-7-22(26)27/h8-14H,4-7H2,1-3H3,(H,24,25)(H,26,27)/b13-12+. The van der Waals surface area contributed by atoms with Gasteiger partial charge in [-0.05, 0) is 74.4 Å². The number of hydrogen-bond acceptors (Lipinski definition) is 2. The van der Waals surface area contributed by atoms with Crippen molar-refractivity contribution in [1.29, 1.82) is 0 Å². The molecule has 0 bridgehead atoms. The van der Waals surface area contributed by atoms with E-state index in [9.17, 15) is 4.79 Å². The molecule has 140 valence electrons. The highest BCUT2D eigenvalue weighted by atomic mass is 16.4. The first-order valence-corrected chi connectivity index (χ1v) is 9.39. The van der Waals surface area contributed by atoms with Crippen LogP contribution in [0.5, 0.6) is 0 Å². The molecule has 0 atom stereocenters. The summed E-state index contributed by atoms with van der Waals surface area (Å²) in [5, 5.41) is 8.83. The predicted molar refractivity (Wildman–Crippen MR) is 111 cm³/mol. The first-order valence-electron chi connectivity index (χ1n) is 9.39. The number of carboxylic acids is 1. The molecule has 0 fully saturated rings. The summed E-state index contributed by atoms with van der Waals surface area (Å²) in [6.07, 6.45) is 6.68. The number of nitrogens with one attached hydrogen (secondary N) is 1. The third-order valence-corrected chi connectivity index (χ3v) is 5.02. The molecule has 0 aliphatic heterocycles. The Morgan fingerprint density at radius 1 is 1.11 bits per heavy atom. The average molecular weight is 362 g/mol. The fourth-order valence-corrected chi connectivity index (χ4v) is 3.30. The molecule has 0 saturated heterocycles. The van der Waals surface area contributed by atoms with E-state index in [0.717, 1.165) is 35.3 Å². The van der Waals surface area contributed by atoms with Crippen LogP contribution in [0, 0.1) is 20.8 Å². The van der Waals surface area contributed by atoms with Gasteiger partial charge in [-0.1, -0.05) is 35.9 Å². The number of nitrogens with zero attached hydrogens (tertiary/aromatic N) is 1. The van der Waals surface area contributed by atoms with Crippen molar-refractivity contribution < 1.29 is 9.90 Å². The van der Waals surface area contributed by atoms with Gasteiger partial charge in [0.15, 0.2) is 0 Å². The van der Waals surface area contributed by atoms with Gasteiger partial charge in [0.2, 0.25) is 0 Å². The molecule has 0 unspecified atom stereocenters. The molecule has 3 aromatic rings. The number of aliphatic carboxylic acids is 1. The van der Waals surface area contributed by atoms with E-state index in [0.29, 0.717) is 6.42 Å². The van der Waals surface area contributed by atoms with E-state index in [-0.39, 0.29) is 6.42 Å². The number of imidazole rings is 1. The van der Waals surface area contributed by atoms with Crippen LogP contribution in [0.1, 0.15) is 52.9 Å². The van der Waals surface area contributed by atoms with Gasteiger partial charge in [-0.3, -0.25) is 4.79 Å². The molecule has 27 heavy (non-hydrogen) atoms. The molecule has 0 radical (unpaired) electrons. The van der Waals surface area contributed by atoms with Crippen molar-refractivity contribution in [2.24, 2.45) is 0 Å². The lowest BCUT2D eigenvalue weighted by Gasteiger charge is -2.09. The fraction of sp³-hybridized carbons (Fsp3) is 0.304. The Balaban J connectivity index is 1.85. The molecule has 3 rings (SSSR count). The molecule has 0 saturated carbocycles. The van der Waals surface area contributed by atoms with Crippen LogP contribution in [0.2, 0.25) is 0 Å². The average Bonchev–Trinajstić information content (AvgIpc) is 3.03. The Kier molecular flexibility index (Phi) is 5.75.